The maximum atomic E-state index is 6.08. The molecule has 1 unspecified atom stereocenters. The minimum Gasteiger partial charge on any atom is -0.397 e. The summed E-state index contributed by atoms with van der Waals surface area (Å²) in [6.45, 7) is 5.47. The number of anilines is 2. The van der Waals surface area contributed by atoms with E-state index in [1.54, 1.807) is 6.20 Å². The number of H-pyrrole nitrogens is 1. The second-order valence-corrected chi connectivity index (χ2v) is 4.76. The molecule has 17 heavy (non-hydrogen) atoms. The number of rotatable bonds is 4. The van der Waals surface area contributed by atoms with Crippen LogP contribution in [-0.4, -0.2) is 23.8 Å². The Bertz CT molecular complexity index is 503. The number of nitrogens with one attached hydrogen (secondary N) is 1. The number of fused-ring (bicyclic) bond motifs is 1. The first-order valence-corrected chi connectivity index (χ1v) is 6.05. The molecule has 2 aromatic rings. The lowest BCUT2D eigenvalue weighted by Crippen LogP contribution is -2.24. The number of hydrogen-bond acceptors (Lipinski definition) is 3. The summed E-state index contributed by atoms with van der Waals surface area (Å²) in [6.07, 6.45) is 2.97. The van der Waals surface area contributed by atoms with Gasteiger partial charge in [0.1, 0.15) is 0 Å². The molecule has 4 heteroatoms. The summed E-state index contributed by atoms with van der Waals surface area (Å²) < 4.78 is 0. The van der Waals surface area contributed by atoms with Crippen molar-refractivity contribution in [2.24, 2.45) is 5.92 Å². The first-order chi connectivity index (χ1) is 8.11. The van der Waals surface area contributed by atoms with Gasteiger partial charge in [0.25, 0.3) is 0 Å². The SMILES string of the molecule is CCC(C)CN(C)c1cc2[nH]ncc2cc1N. The summed E-state index contributed by atoms with van der Waals surface area (Å²) in [6, 6.07) is 4.04. The number of nitrogens with zero attached hydrogens (tertiary/aromatic N) is 2. The topological polar surface area (TPSA) is 57.9 Å². The molecule has 1 atom stereocenters. The Morgan fingerprint density at radius 2 is 2.24 bits per heavy atom. The molecule has 0 bridgehead atoms. The van der Waals surface area contributed by atoms with Gasteiger partial charge in [-0.3, -0.25) is 5.10 Å². The lowest BCUT2D eigenvalue weighted by molar-refractivity contribution is 0.560. The van der Waals surface area contributed by atoms with E-state index in [1.165, 1.54) is 6.42 Å². The van der Waals surface area contributed by atoms with Gasteiger partial charge >= 0.3 is 0 Å². The normalized spacial score (nSPS) is 12.9. The van der Waals surface area contributed by atoms with Gasteiger partial charge in [0, 0.05) is 19.0 Å². The predicted molar refractivity (Wildman–Crippen MR) is 73.2 cm³/mol. The van der Waals surface area contributed by atoms with Gasteiger partial charge in [-0.15, -0.1) is 0 Å². The van der Waals surface area contributed by atoms with Crippen molar-refractivity contribution in [2.45, 2.75) is 20.3 Å². The van der Waals surface area contributed by atoms with Gasteiger partial charge in [-0.25, -0.2) is 0 Å². The molecule has 0 fully saturated rings. The third kappa shape index (κ3) is 2.35. The first-order valence-electron chi connectivity index (χ1n) is 6.05. The Morgan fingerprint density at radius 3 is 2.94 bits per heavy atom. The van der Waals surface area contributed by atoms with E-state index in [4.69, 9.17) is 5.73 Å². The third-order valence-electron chi connectivity index (χ3n) is 3.28. The molecule has 0 spiro atoms. The maximum Gasteiger partial charge on any atom is 0.0672 e. The smallest absolute Gasteiger partial charge is 0.0672 e. The largest absolute Gasteiger partial charge is 0.397 e. The minimum absolute atomic E-state index is 0.664. The fourth-order valence-electron chi connectivity index (χ4n) is 2.02. The van der Waals surface area contributed by atoms with Crippen molar-refractivity contribution in [2.75, 3.05) is 24.2 Å². The zero-order valence-corrected chi connectivity index (χ0v) is 10.7. The van der Waals surface area contributed by atoms with E-state index in [0.717, 1.165) is 28.8 Å². The molecule has 4 nitrogen and oxygen atoms in total. The zero-order valence-electron chi connectivity index (χ0n) is 10.7. The van der Waals surface area contributed by atoms with Crippen molar-refractivity contribution in [3.05, 3.63) is 18.3 Å². The fraction of sp³-hybridized carbons (Fsp3) is 0.462. The Hall–Kier alpha value is -1.71. The van der Waals surface area contributed by atoms with Crippen molar-refractivity contribution in [3.8, 4) is 0 Å². The van der Waals surface area contributed by atoms with Crippen LogP contribution in [0.4, 0.5) is 11.4 Å². The van der Waals surface area contributed by atoms with Crippen LogP contribution in [0, 0.1) is 5.92 Å². The predicted octanol–water partition coefficient (Wildman–Crippen LogP) is 2.63. The minimum atomic E-state index is 0.664. The van der Waals surface area contributed by atoms with E-state index < -0.39 is 0 Å². The summed E-state index contributed by atoms with van der Waals surface area (Å²) in [5.74, 6) is 0.664. The summed E-state index contributed by atoms with van der Waals surface area (Å²) >= 11 is 0. The van der Waals surface area contributed by atoms with Crippen LogP contribution in [0.5, 0.6) is 0 Å². The summed E-state index contributed by atoms with van der Waals surface area (Å²) in [5, 5.41) is 8.06. The molecular formula is C13H20N4. The highest BCUT2D eigenvalue weighted by Gasteiger charge is 2.10. The van der Waals surface area contributed by atoms with Crippen LogP contribution in [0.25, 0.3) is 10.9 Å². The summed E-state index contributed by atoms with van der Waals surface area (Å²) in [7, 11) is 2.08. The number of aromatic nitrogens is 2. The number of benzene rings is 1. The van der Waals surface area contributed by atoms with Gasteiger partial charge in [0.15, 0.2) is 0 Å². The highest BCUT2D eigenvalue weighted by molar-refractivity contribution is 5.88. The quantitative estimate of drug-likeness (QED) is 0.797. The van der Waals surface area contributed by atoms with Crippen molar-refractivity contribution in [3.63, 3.8) is 0 Å². The van der Waals surface area contributed by atoms with Crippen molar-refractivity contribution >= 4 is 22.3 Å². The van der Waals surface area contributed by atoms with E-state index in [2.05, 4.69) is 42.1 Å². The molecule has 1 aromatic heterocycles. The first kappa shape index (κ1) is 11.8. The Labute approximate surface area is 102 Å². The molecule has 0 aliphatic rings. The lowest BCUT2D eigenvalue weighted by Gasteiger charge is -2.24. The van der Waals surface area contributed by atoms with E-state index in [-0.39, 0.29) is 0 Å². The van der Waals surface area contributed by atoms with Gasteiger partial charge in [0.2, 0.25) is 0 Å². The van der Waals surface area contributed by atoms with Crippen LogP contribution < -0.4 is 10.6 Å². The number of hydrogen-bond donors (Lipinski definition) is 2. The van der Waals surface area contributed by atoms with Gasteiger partial charge in [-0.2, -0.15) is 5.10 Å². The molecule has 0 amide bonds. The number of nitrogens with two attached hydrogens (primary N) is 1. The van der Waals surface area contributed by atoms with E-state index in [1.807, 2.05) is 6.07 Å². The summed E-state index contributed by atoms with van der Waals surface area (Å²) in [5.41, 5.74) is 8.99. The van der Waals surface area contributed by atoms with E-state index >= 15 is 0 Å². The maximum absolute atomic E-state index is 6.08. The molecule has 92 valence electrons. The second-order valence-electron chi connectivity index (χ2n) is 4.76. The molecule has 3 N–H and O–H groups in total. The third-order valence-corrected chi connectivity index (χ3v) is 3.28. The molecule has 0 radical (unpaired) electrons. The van der Waals surface area contributed by atoms with Gasteiger partial charge < -0.3 is 10.6 Å². The molecule has 0 aliphatic heterocycles. The zero-order chi connectivity index (χ0) is 12.4. The van der Waals surface area contributed by atoms with E-state index in [9.17, 15) is 0 Å². The van der Waals surface area contributed by atoms with Crippen LogP contribution >= 0.6 is 0 Å². The Kier molecular flexibility index (Phi) is 3.22. The molecular weight excluding hydrogens is 212 g/mol. The highest BCUT2D eigenvalue weighted by atomic mass is 15.1. The van der Waals surface area contributed by atoms with Crippen molar-refractivity contribution < 1.29 is 0 Å². The van der Waals surface area contributed by atoms with Gasteiger partial charge in [-0.1, -0.05) is 20.3 Å². The van der Waals surface area contributed by atoms with Crippen LogP contribution in [0.15, 0.2) is 18.3 Å². The average molecular weight is 232 g/mol. The molecule has 2 rings (SSSR count). The van der Waals surface area contributed by atoms with E-state index in [0.29, 0.717) is 5.92 Å². The van der Waals surface area contributed by atoms with Crippen LogP contribution in [0.1, 0.15) is 20.3 Å². The van der Waals surface area contributed by atoms with Crippen LogP contribution in [0.3, 0.4) is 0 Å². The Balaban J connectivity index is 2.30. The molecule has 0 saturated heterocycles. The van der Waals surface area contributed by atoms with Crippen LogP contribution in [0.2, 0.25) is 0 Å². The standard InChI is InChI=1S/C13H20N4/c1-4-9(2)8-17(3)13-6-12-10(5-11(13)14)7-15-16-12/h5-7,9H,4,8,14H2,1-3H3,(H,15,16). The van der Waals surface area contributed by atoms with Crippen molar-refractivity contribution in [1.82, 2.24) is 10.2 Å². The average Bonchev–Trinajstić information content (AvgIpc) is 2.74. The van der Waals surface area contributed by atoms with Gasteiger partial charge in [-0.05, 0) is 18.1 Å². The fourth-order valence-corrected chi connectivity index (χ4v) is 2.02. The highest BCUT2D eigenvalue weighted by Crippen LogP contribution is 2.28. The molecule has 0 saturated carbocycles. The summed E-state index contributed by atoms with van der Waals surface area (Å²) in [4.78, 5) is 2.21. The molecule has 1 heterocycles. The monoisotopic (exact) mass is 232 g/mol. The molecule has 1 aromatic carbocycles. The lowest BCUT2D eigenvalue weighted by atomic mass is 10.1. The van der Waals surface area contributed by atoms with Gasteiger partial charge in [0.05, 0.1) is 23.1 Å². The Morgan fingerprint density at radius 1 is 1.47 bits per heavy atom. The molecule has 0 aliphatic carbocycles. The number of aromatic amines is 1. The van der Waals surface area contributed by atoms with Crippen LogP contribution in [-0.2, 0) is 0 Å². The number of nitrogen functional groups attached to an aromatic ring is 1. The second kappa shape index (κ2) is 4.65. The van der Waals surface area contributed by atoms with Crippen molar-refractivity contribution in [1.29, 1.82) is 0 Å².